The lowest BCUT2D eigenvalue weighted by Crippen LogP contribution is -2.45. The van der Waals surface area contributed by atoms with Crippen LogP contribution in [-0.4, -0.2) is 56.3 Å². The van der Waals surface area contributed by atoms with Crippen molar-refractivity contribution in [2.75, 3.05) is 39.4 Å². The number of hydrogen-bond donors (Lipinski definition) is 1. The van der Waals surface area contributed by atoms with Gasteiger partial charge < -0.3 is 19.5 Å². The number of para-hydroxylation sites is 3. The van der Waals surface area contributed by atoms with Crippen LogP contribution in [0.4, 0.5) is 0 Å². The van der Waals surface area contributed by atoms with E-state index in [1.54, 1.807) is 0 Å². The second-order valence-corrected chi connectivity index (χ2v) is 6.34. The van der Waals surface area contributed by atoms with Gasteiger partial charge >= 0.3 is 0 Å². The minimum Gasteiger partial charge on any atom is -0.492 e. The van der Waals surface area contributed by atoms with Gasteiger partial charge in [-0.3, -0.25) is 9.69 Å². The minimum absolute atomic E-state index is 0.0226. The molecule has 1 heterocycles. The maximum absolute atomic E-state index is 12.2. The molecule has 1 atom stereocenters. The lowest BCUT2D eigenvalue weighted by atomic mass is 10.2. The first-order valence-corrected chi connectivity index (χ1v) is 9.30. The van der Waals surface area contributed by atoms with E-state index in [9.17, 15) is 4.79 Å². The summed E-state index contributed by atoms with van der Waals surface area (Å²) < 4.78 is 17.3. The number of likely N-dealkylation sites (N-methyl/N-ethyl adjacent to an activating group) is 1. The SMILES string of the molecule is CCN(CC(=O)NCCOc1ccccc1)CC1COc2ccccc2O1. The molecule has 0 aromatic heterocycles. The first-order valence-electron chi connectivity index (χ1n) is 9.30. The number of amides is 1. The van der Waals surface area contributed by atoms with Crippen molar-refractivity contribution in [3.63, 3.8) is 0 Å². The van der Waals surface area contributed by atoms with E-state index in [4.69, 9.17) is 14.2 Å². The number of rotatable bonds is 9. The van der Waals surface area contributed by atoms with E-state index in [-0.39, 0.29) is 12.0 Å². The highest BCUT2D eigenvalue weighted by Gasteiger charge is 2.23. The molecule has 0 bridgehead atoms. The van der Waals surface area contributed by atoms with Crippen LogP contribution in [0, 0.1) is 0 Å². The summed E-state index contributed by atoms with van der Waals surface area (Å²) in [6.45, 7) is 5.15. The fraction of sp³-hybridized carbons (Fsp3) is 0.381. The largest absolute Gasteiger partial charge is 0.492 e. The molecule has 27 heavy (non-hydrogen) atoms. The summed E-state index contributed by atoms with van der Waals surface area (Å²) in [7, 11) is 0. The number of ether oxygens (including phenoxy) is 3. The van der Waals surface area contributed by atoms with Crippen LogP contribution in [0.2, 0.25) is 0 Å². The molecule has 1 amide bonds. The topological polar surface area (TPSA) is 60.0 Å². The van der Waals surface area contributed by atoms with Crippen molar-refractivity contribution in [2.24, 2.45) is 0 Å². The number of hydrogen-bond acceptors (Lipinski definition) is 5. The van der Waals surface area contributed by atoms with Crippen LogP contribution in [0.25, 0.3) is 0 Å². The third kappa shape index (κ3) is 5.89. The van der Waals surface area contributed by atoms with Gasteiger partial charge in [0.2, 0.25) is 5.91 Å². The number of carbonyl (C=O) groups excluding carboxylic acids is 1. The molecule has 2 aromatic carbocycles. The van der Waals surface area contributed by atoms with Gasteiger partial charge in [-0.15, -0.1) is 0 Å². The first kappa shape index (κ1) is 19.0. The van der Waals surface area contributed by atoms with Gasteiger partial charge in [0, 0.05) is 6.54 Å². The van der Waals surface area contributed by atoms with Crippen LogP contribution in [0.15, 0.2) is 54.6 Å². The van der Waals surface area contributed by atoms with E-state index in [2.05, 4.69) is 10.2 Å². The Kier molecular flexibility index (Phi) is 6.93. The van der Waals surface area contributed by atoms with Gasteiger partial charge in [0.1, 0.15) is 25.1 Å². The standard InChI is InChI=1S/C21H26N2O4/c1-2-23(14-18-16-26-19-10-6-7-11-20(19)27-18)15-21(24)22-12-13-25-17-8-4-3-5-9-17/h3-11,18H,2,12-16H2,1H3,(H,22,24). The Morgan fingerprint density at radius 1 is 1.15 bits per heavy atom. The molecule has 144 valence electrons. The fourth-order valence-corrected chi connectivity index (χ4v) is 2.88. The van der Waals surface area contributed by atoms with Crippen LogP contribution >= 0.6 is 0 Å². The highest BCUT2D eigenvalue weighted by Crippen LogP contribution is 2.30. The minimum atomic E-state index is -0.0888. The smallest absolute Gasteiger partial charge is 0.234 e. The molecule has 0 radical (unpaired) electrons. The summed E-state index contributed by atoms with van der Waals surface area (Å²) in [5.74, 6) is 2.31. The molecule has 1 aliphatic rings. The molecule has 0 aliphatic carbocycles. The zero-order valence-electron chi connectivity index (χ0n) is 15.6. The lowest BCUT2D eigenvalue weighted by Gasteiger charge is -2.30. The van der Waals surface area contributed by atoms with E-state index in [1.165, 1.54) is 0 Å². The quantitative estimate of drug-likeness (QED) is 0.687. The van der Waals surface area contributed by atoms with Crippen LogP contribution in [0.3, 0.4) is 0 Å². The maximum Gasteiger partial charge on any atom is 0.234 e. The maximum atomic E-state index is 12.2. The summed E-state index contributed by atoms with van der Waals surface area (Å²) in [6.07, 6.45) is -0.0888. The Labute approximate surface area is 160 Å². The highest BCUT2D eigenvalue weighted by molar-refractivity contribution is 5.78. The van der Waals surface area contributed by atoms with Crippen molar-refractivity contribution < 1.29 is 19.0 Å². The molecule has 0 saturated heterocycles. The fourth-order valence-electron chi connectivity index (χ4n) is 2.88. The molecule has 6 heteroatoms. The molecule has 0 fully saturated rings. The number of carbonyl (C=O) groups is 1. The first-order chi connectivity index (χ1) is 13.2. The third-order valence-corrected chi connectivity index (χ3v) is 4.28. The van der Waals surface area contributed by atoms with E-state index >= 15 is 0 Å². The van der Waals surface area contributed by atoms with Gasteiger partial charge in [-0.25, -0.2) is 0 Å². The van der Waals surface area contributed by atoms with E-state index in [0.717, 1.165) is 23.8 Å². The summed E-state index contributed by atoms with van der Waals surface area (Å²) in [6, 6.07) is 17.2. The highest BCUT2D eigenvalue weighted by atomic mass is 16.6. The molecule has 3 rings (SSSR count). The summed E-state index contributed by atoms with van der Waals surface area (Å²) in [5, 5.41) is 2.89. The second-order valence-electron chi connectivity index (χ2n) is 6.34. The molecule has 1 unspecified atom stereocenters. The predicted molar refractivity (Wildman–Crippen MR) is 103 cm³/mol. The molecule has 1 N–H and O–H groups in total. The van der Waals surface area contributed by atoms with Crippen LogP contribution in [-0.2, 0) is 4.79 Å². The zero-order chi connectivity index (χ0) is 18.9. The van der Waals surface area contributed by atoms with Crippen molar-refractivity contribution in [1.29, 1.82) is 0 Å². The normalized spacial score (nSPS) is 15.4. The van der Waals surface area contributed by atoms with Gasteiger partial charge in [-0.2, -0.15) is 0 Å². The molecule has 6 nitrogen and oxygen atoms in total. The molecule has 1 aliphatic heterocycles. The Bertz CT molecular complexity index is 723. The molecule has 0 saturated carbocycles. The summed E-state index contributed by atoms with van der Waals surface area (Å²) >= 11 is 0. The van der Waals surface area contributed by atoms with E-state index < -0.39 is 0 Å². The molecular weight excluding hydrogens is 344 g/mol. The van der Waals surface area contributed by atoms with Crippen molar-refractivity contribution in [3.05, 3.63) is 54.6 Å². The van der Waals surface area contributed by atoms with E-state index in [0.29, 0.717) is 32.8 Å². The monoisotopic (exact) mass is 370 g/mol. The average molecular weight is 370 g/mol. The van der Waals surface area contributed by atoms with Crippen molar-refractivity contribution in [2.45, 2.75) is 13.0 Å². The lowest BCUT2D eigenvalue weighted by molar-refractivity contribution is -0.122. The molecule has 0 spiro atoms. The van der Waals surface area contributed by atoms with Gasteiger partial charge in [0.15, 0.2) is 11.5 Å². The number of fused-ring (bicyclic) bond motifs is 1. The number of nitrogens with zero attached hydrogens (tertiary/aromatic N) is 1. The number of benzene rings is 2. The second kappa shape index (κ2) is 9.83. The third-order valence-electron chi connectivity index (χ3n) is 4.28. The van der Waals surface area contributed by atoms with Gasteiger partial charge in [0.05, 0.1) is 13.1 Å². The Morgan fingerprint density at radius 2 is 1.89 bits per heavy atom. The zero-order valence-corrected chi connectivity index (χ0v) is 15.6. The number of nitrogens with one attached hydrogen (secondary N) is 1. The van der Waals surface area contributed by atoms with Crippen LogP contribution in [0.1, 0.15) is 6.92 Å². The summed E-state index contributed by atoms with van der Waals surface area (Å²) in [5.41, 5.74) is 0. The van der Waals surface area contributed by atoms with Gasteiger partial charge in [-0.05, 0) is 30.8 Å². The van der Waals surface area contributed by atoms with Crippen LogP contribution in [0.5, 0.6) is 17.2 Å². The Morgan fingerprint density at radius 3 is 2.67 bits per heavy atom. The Hall–Kier alpha value is -2.73. The molecular formula is C21H26N2O4. The van der Waals surface area contributed by atoms with Crippen molar-refractivity contribution in [1.82, 2.24) is 10.2 Å². The van der Waals surface area contributed by atoms with Crippen molar-refractivity contribution >= 4 is 5.91 Å². The van der Waals surface area contributed by atoms with Gasteiger partial charge in [-0.1, -0.05) is 37.3 Å². The average Bonchev–Trinajstić information content (AvgIpc) is 2.71. The van der Waals surface area contributed by atoms with Crippen molar-refractivity contribution in [3.8, 4) is 17.2 Å². The predicted octanol–water partition coefficient (Wildman–Crippen LogP) is 2.34. The van der Waals surface area contributed by atoms with Crippen LogP contribution < -0.4 is 19.5 Å². The van der Waals surface area contributed by atoms with E-state index in [1.807, 2.05) is 61.5 Å². The summed E-state index contributed by atoms with van der Waals surface area (Å²) in [4.78, 5) is 14.2. The van der Waals surface area contributed by atoms with Gasteiger partial charge in [0.25, 0.3) is 0 Å². The molecule has 2 aromatic rings. The Balaban J connectivity index is 1.37.